The van der Waals surface area contributed by atoms with Gasteiger partial charge in [0.1, 0.15) is 0 Å². The fraction of sp³-hybridized carbons (Fsp3) is 0.263. The summed E-state index contributed by atoms with van der Waals surface area (Å²) in [6.07, 6.45) is 1.61. The first-order chi connectivity index (χ1) is 11.7. The Bertz CT molecular complexity index is 671. The zero-order valence-electron chi connectivity index (χ0n) is 13.8. The van der Waals surface area contributed by atoms with Crippen LogP contribution in [0.1, 0.15) is 24.5 Å². The molecule has 0 aliphatic heterocycles. The SMILES string of the molecule is CCCNC(=O)NC(=O)CNc1ccccc1Cc1ccccc1. The number of hydrogen-bond donors (Lipinski definition) is 3. The van der Waals surface area contributed by atoms with Gasteiger partial charge in [0.05, 0.1) is 6.54 Å². The first-order valence-corrected chi connectivity index (χ1v) is 8.12. The highest BCUT2D eigenvalue weighted by atomic mass is 16.2. The maximum Gasteiger partial charge on any atom is 0.321 e. The van der Waals surface area contributed by atoms with Gasteiger partial charge in [-0.1, -0.05) is 55.5 Å². The lowest BCUT2D eigenvalue weighted by atomic mass is 10.0. The molecular formula is C19H23N3O2. The number of benzene rings is 2. The van der Waals surface area contributed by atoms with Gasteiger partial charge in [-0.25, -0.2) is 4.79 Å². The Balaban J connectivity index is 1.91. The van der Waals surface area contributed by atoms with Crippen LogP contribution in [0.3, 0.4) is 0 Å². The van der Waals surface area contributed by atoms with Crippen LogP contribution in [0, 0.1) is 0 Å². The van der Waals surface area contributed by atoms with Gasteiger partial charge >= 0.3 is 6.03 Å². The zero-order chi connectivity index (χ0) is 17.2. The van der Waals surface area contributed by atoms with E-state index in [1.54, 1.807) is 0 Å². The summed E-state index contributed by atoms with van der Waals surface area (Å²) < 4.78 is 0. The summed E-state index contributed by atoms with van der Waals surface area (Å²) in [7, 11) is 0. The van der Waals surface area contributed by atoms with Crippen molar-refractivity contribution in [3.63, 3.8) is 0 Å². The van der Waals surface area contributed by atoms with Gasteiger partial charge in [0.2, 0.25) is 5.91 Å². The number of urea groups is 1. The van der Waals surface area contributed by atoms with Crippen LogP contribution in [0.15, 0.2) is 54.6 Å². The van der Waals surface area contributed by atoms with Crippen LogP contribution in [-0.2, 0) is 11.2 Å². The second-order valence-corrected chi connectivity index (χ2v) is 5.48. The molecule has 0 bridgehead atoms. The topological polar surface area (TPSA) is 70.2 Å². The van der Waals surface area contributed by atoms with E-state index in [2.05, 4.69) is 28.1 Å². The van der Waals surface area contributed by atoms with Gasteiger partial charge in [0, 0.05) is 12.2 Å². The molecule has 3 amide bonds. The van der Waals surface area contributed by atoms with E-state index < -0.39 is 6.03 Å². The lowest BCUT2D eigenvalue weighted by Crippen LogP contribution is -2.42. The van der Waals surface area contributed by atoms with Gasteiger partial charge in [0.15, 0.2) is 0 Å². The van der Waals surface area contributed by atoms with Crippen molar-refractivity contribution in [2.75, 3.05) is 18.4 Å². The quantitative estimate of drug-likeness (QED) is 0.733. The minimum Gasteiger partial charge on any atom is -0.376 e. The molecule has 0 aromatic heterocycles. The third-order valence-corrected chi connectivity index (χ3v) is 3.48. The fourth-order valence-corrected chi connectivity index (χ4v) is 2.29. The number of rotatable bonds is 7. The molecule has 2 rings (SSSR count). The predicted molar refractivity (Wildman–Crippen MR) is 96.0 cm³/mol. The van der Waals surface area contributed by atoms with E-state index in [0.717, 1.165) is 24.1 Å². The van der Waals surface area contributed by atoms with Crippen LogP contribution in [0.5, 0.6) is 0 Å². The van der Waals surface area contributed by atoms with E-state index in [0.29, 0.717) is 6.54 Å². The van der Waals surface area contributed by atoms with Crippen molar-refractivity contribution < 1.29 is 9.59 Å². The van der Waals surface area contributed by atoms with Crippen molar-refractivity contribution >= 4 is 17.6 Å². The van der Waals surface area contributed by atoms with Crippen molar-refractivity contribution in [3.05, 3.63) is 65.7 Å². The van der Waals surface area contributed by atoms with Crippen LogP contribution >= 0.6 is 0 Å². The Kier molecular flexibility index (Phi) is 6.83. The van der Waals surface area contributed by atoms with Crippen LogP contribution < -0.4 is 16.0 Å². The third-order valence-electron chi connectivity index (χ3n) is 3.48. The molecule has 0 unspecified atom stereocenters. The van der Waals surface area contributed by atoms with Gasteiger partial charge in [-0.15, -0.1) is 0 Å². The molecule has 0 fully saturated rings. The number of nitrogens with one attached hydrogen (secondary N) is 3. The van der Waals surface area contributed by atoms with Gasteiger partial charge in [-0.2, -0.15) is 0 Å². The van der Waals surface area contributed by atoms with E-state index >= 15 is 0 Å². The molecule has 3 N–H and O–H groups in total. The van der Waals surface area contributed by atoms with Crippen molar-refractivity contribution in [2.45, 2.75) is 19.8 Å². The highest BCUT2D eigenvalue weighted by Crippen LogP contribution is 2.18. The Labute approximate surface area is 142 Å². The standard InChI is InChI=1S/C19H23N3O2/c1-2-12-20-19(24)22-18(23)14-21-17-11-7-6-10-16(17)13-15-8-4-3-5-9-15/h3-11,21H,2,12-14H2,1H3,(H2,20,22,23,24). The summed E-state index contributed by atoms with van der Waals surface area (Å²) in [4.78, 5) is 23.3. The van der Waals surface area contributed by atoms with E-state index in [9.17, 15) is 9.59 Å². The lowest BCUT2D eigenvalue weighted by molar-refractivity contribution is -0.118. The molecule has 0 atom stereocenters. The zero-order valence-corrected chi connectivity index (χ0v) is 13.8. The number of hydrogen-bond acceptors (Lipinski definition) is 3. The molecule has 0 aliphatic rings. The number of anilines is 1. The minimum absolute atomic E-state index is 0.0470. The Hall–Kier alpha value is -2.82. The summed E-state index contributed by atoms with van der Waals surface area (Å²) in [6.45, 7) is 2.55. The number of amides is 3. The summed E-state index contributed by atoms with van der Waals surface area (Å²) >= 11 is 0. The van der Waals surface area contributed by atoms with Crippen molar-refractivity contribution in [1.82, 2.24) is 10.6 Å². The summed E-state index contributed by atoms with van der Waals surface area (Å²) in [5.41, 5.74) is 3.20. The molecule has 126 valence electrons. The molecule has 5 heteroatoms. The molecule has 2 aromatic carbocycles. The minimum atomic E-state index is -0.457. The van der Waals surface area contributed by atoms with Crippen molar-refractivity contribution in [2.24, 2.45) is 0 Å². The fourth-order valence-electron chi connectivity index (χ4n) is 2.29. The van der Waals surface area contributed by atoms with E-state index in [4.69, 9.17) is 0 Å². The Morgan fingerprint density at radius 1 is 0.958 bits per heavy atom. The smallest absolute Gasteiger partial charge is 0.321 e. The largest absolute Gasteiger partial charge is 0.376 e. The maximum absolute atomic E-state index is 11.8. The van der Waals surface area contributed by atoms with Gasteiger partial charge in [-0.05, 0) is 30.0 Å². The number of imide groups is 1. The van der Waals surface area contributed by atoms with E-state index in [1.807, 2.05) is 49.4 Å². The Morgan fingerprint density at radius 2 is 1.67 bits per heavy atom. The molecule has 5 nitrogen and oxygen atoms in total. The van der Waals surface area contributed by atoms with E-state index in [1.165, 1.54) is 5.56 Å². The van der Waals surface area contributed by atoms with Crippen LogP contribution in [0.4, 0.5) is 10.5 Å². The highest BCUT2D eigenvalue weighted by molar-refractivity contribution is 5.96. The molecule has 24 heavy (non-hydrogen) atoms. The van der Waals surface area contributed by atoms with Gasteiger partial charge in [-0.3, -0.25) is 10.1 Å². The van der Waals surface area contributed by atoms with Crippen molar-refractivity contribution in [1.29, 1.82) is 0 Å². The molecule has 0 aliphatic carbocycles. The number of para-hydroxylation sites is 1. The predicted octanol–water partition coefficient (Wildman–Crippen LogP) is 2.93. The second kappa shape index (κ2) is 9.35. The van der Waals surface area contributed by atoms with Crippen LogP contribution in [0.25, 0.3) is 0 Å². The van der Waals surface area contributed by atoms with Crippen molar-refractivity contribution in [3.8, 4) is 0 Å². The molecule has 0 saturated carbocycles. The maximum atomic E-state index is 11.8. The number of carbonyl (C=O) groups is 2. The average molecular weight is 325 g/mol. The molecule has 0 radical (unpaired) electrons. The first kappa shape index (κ1) is 17.5. The molecule has 0 spiro atoms. The molecule has 2 aromatic rings. The van der Waals surface area contributed by atoms with Gasteiger partial charge in [0.25, 0.3) is 0 Å². The number of carbonyl (C=O) groups excluding carboxylic acids is 2. The van der Waals surface area contributed by atoms with Crippen LogP contribution in [0.2, 0.25) is 0 Å². The third kappa shape index (κ3) is 5.76. The highest BCUT2D eigenvalue weighted by Gasteiger charge is 2.08. The molecule has 0 heterocycles. The normalized spacial score (nSPS) is 10.0. The average Bonchev–Trinajstić information content (AvgIpc) is 2.60. The lowest BCUT2D eigenvalue weighted by Gasteiger charge is -2.12. The monoisotopic (exact) mass is 325 g/mol. The van der Waals surface area contributed by atoms with Crippen LogP contribution in [-0.4, -0.2) is 25.0 Å². The van der Waals surface area contributed by atoms with E-state index in [-0.39, 0.29) is 12.5 Å². The first-order valence-electron chi connectivity index (χ1n) is 8.12. The summed E-state index contributed by atoms with van der Waals surface area (Å²) in [5, 5.41) is 8.01. The summed E-state index contributed by atoms with van der Waals surface area (Å²) in [5.74, 6) is -0.363. The summed E-state index contributed by atoms with van der Waals surface area (Å²) in [6, 6.07) is 17.5. The second-order valence-electron chi connectivity index (χ2n) is 5.48. The Morgan fingerprint density at radius 3 is 2.42 bits per heavy atom. The van der Waals surface area contributed by atoms with Gasteiger partial charge < -0.3 is 10.6 Å². The molecule has 0 saturated heterocycles. The molecular weight excluding hydrogens is 302 g/mol.